The van der Waals surface area contributed by atoms with Crippen LogP contribution in [0.15, 0.2) is 0 Å². The van der Waals surface area contributed by atoms with Crippen LogP contribution in [-0.4, -0.2) is 30.4 Å². The van der Waals surface area contributed by atoms with Crippen LogP contribution in [0.1, 0.15) is 90.9 Å². The molecule has 0 aromatic heterocycles. The average Bonchev–Trinajstić information content (AvgIpc) is 2.58. The molecule has 0 aliphatic carbocycles. The van der Waals surface area contributed by atoms with Crippen molar-refractivity contribution in [3.63, 3.8) is 0 Å². The average molecular weight is 361 g/mol. The van der Waals surface area contributed by atoms with Crippen molar-refractivity contribution in [3.05, 3.63) is 0 Å². The summed E-state index contributed by atoms with van der Waals surface area (Å²) in [6.45, 7) is 4.43. The van der Waals surface area contributed by atoms with Gasteiger partial charge in [0.1, 0.15) is 12.7 Å². The van der Waals surface area contributed by atoms with Crippen LogP contribution in [0.25, 0.3) is 0 Å². The van der Waals surface area contributed by atoms with Crippen LogP contribution in [0.5, 0.6) is 0 Å². The Kier molecular flexibility index (Phi) is 16.6. The zero-order valence-corrected chi connectivity index (χ0v) is 16.5. The SMILES string of the molecule is CCCCCCCCC(=O)OC[C@H](CS)OC(=O)CCCCCC. The maximum atomic E-state index is 11.7. The second kappa shape index (κ2) is 17.1. The Morgan fingerprint density at radius 1 is 0.792 bits per heavy atom. The van der Waals surface area contributed by atoms with E-state index in [1.165, 1.54) is 25.7 Å². The Labute approximate surface area is 153 Å². The van der Waals surface area contributed by atoms with Crippen LogP contribution in [0.4, 0.5) is 0 Å². The van der Waals surface area contributed by atoms with Crippen molar-refractivity contribution < 1.29 is 19.1 Å². The van der Waals surface area contributed by atoms with Crippen molar-refractivity contribution in [3.8, 4) is 0 Å². The van der Waals surface area contributed by atoms with Gasteiger partial charge in [-0.3, -0.25) is 9.59 Å². The molecule has 142 valence electrons. The van der Waals surface area contributed by atoms with E-state index in [0.717, 1.165) is 38.5 Å². The van der Waals surface area contributed by atoms with Gasteiger partial charge in [-0.15, -0.1) is 0 Å². The van der Waals surface area contributed by atoms with E-state index in [-0.39, 0.29) is 18.5 Å². The lowest BCUT2D eigenvalue weighted by molar-refractivity contribution is -0.157. The van der Waals surface area contributed by atoms with E-state index in [2.05, 4.69) is 26.5 Å². The molecule has 24 heavy (non-hydrogen) atoms. The molecule has 0 unspecified atom stereocenters. The molecule has 0 rings (SSSR count). The predicted molar refractivity (Wildman–Crippen MR) is 101 cm³/mol. The van der Waals surface area contributed by atoms with Crippen molar-refractivity contribution in [1.82, 2.24) is 0 Å². The summed E-state index contributed by atoms with van der Waals surface area (Å²) in [6, 6.07) is 0. The first-order chi connectivity index (χ1) is 11.6. The molecule has 0 spiro atoms. The monoisotopic (exact) mass is 360 g/mol. The Hall–Kier alpha value is -0.710. The van der Waals surface area contributed by atoms with Gasteiger partial charge in [-0.05, 0) is 12.8 Å². The molecule has 0 saturated heterocycles. The molecule has 1 atom stereocenters. The Bertz CT molecular complexity index is 320. The summed E-state index contributed by atoms with van der Waals surface area (Å²) in [6.07, 6.45) is 11.4. The molecular formula is C19H36O4S. The lowest BCUT2D eigenvalue weighted by atomic mass is 10.1. The molecule has 0 heterocycles. The first kappa shape index (κ1) is 23.3. The molecule has 0 N–H and O–H groups in total. The minimum atomic E-state index is -0.444. The van der Waals surface area contributed by atoms with Gasteiger partial charge in [0.15, 0.2) is 0 Å². The van der Waals surface area contributed by atoms with Gasteiger partial charge >= 0.3 is 11.9 Å². The number of hydrogen-bond donors (Lipinski definition) is 1. The highest BCUT2D eigenvalue weighted by Crippen LogP contribution is 2.09. The van der Waals surface area contributed by atoms with Crippen molar-refractivity contribution in [2.45, 2.75) is 97.0 Å². The van der Waals surface area contributed by atoms with Crippen LogP contribution in [-0.2, 0) is 19.1 Å². The number of carbonyl (C=O) groups is 2. The van der Waals surface area contributed by atoms with Crippen LogP contribution in [0.2, 0.25) is 0 Å². The smallest absolute Gasteiger partial charge is 0.306 e. The highest BCUT2D eigenvalue weighted by molar-refractivity contribution is 7.80. The largest absolute Gasteiger partial charge is 0.462 e. The molecule has 0 aromatic rings. The lowest BCUT2D eigenvalue weighted by Crippen LogP contribution is -2.26. The topological polar surface area (TPSA) is 52.6 Å². The number of thiol groups is 1. The van der Waals surface area contributed by atoms with Crippen molar-refractivity contribution in [2.75, 3.05) is 12.4 Å². The van der Waals surface area contributed by atoms with Gasteiger partial charge in [0.2, 0.25) is 0 Å². The second-order valence-electron chi connectivity index (χ2n) is 6.31. The molecule has 0 aliphatic heterocycles. The first-order valence-electron chi connectivity index (χ1n) is 9.59. The molecule has 4 nitrogen and oxygen atoms in total. The molecule has 0 amide bonds. The fraction of sp³-hybridized carbons (Fsp3) is 0.895. The van der Waals surface area contributed by atoms with E-state index in [1.807, 2.05) is 0 Å². The fourth-order valence-electron chi connectivity index (χ4n) is 2.37. The zero-order valence-electron chi connectivity index (χ0n) is 15.6. The molecular weight excluding hydrogens is 324 g/mol. The predicted octanol–water partition coefficient (Wildman–Crippen LogP) is 5.09. The standard InChI is InChI=1S/C19H36O4S/c1-3-5-7-9-10-12-13-18(20)22-15-17(16-24)23-19(21)14-11-8-6-4-2/h17,24H,3-16H2,1-2H3/t17-/m1/s1. The van der Waals surface area contributed by atoms with E-state index in [0.29, 0.717) is 18.6 Å². The summed E-state index contributed by atoms with van der Waals surface area (Å²) in [5.41, 5.74) is 0. The molecule has 5 heteroatoms. The van der Waals surface area contributed by atoms with Gasteiger partial charge in [-0.2, -0.15) is 12.6 Å². The van der Waals surface area contributed by atoms with E-state index < -0.39 is 6.10 Å². The van der Waals surface area contributed by atoms with Crippen molar-refractivity contribution in [2.24, 2.45) is 0 Å². The number of carbonyl (C=O) groups excluding carboxylic acids is 2. The summed E-state index contributed by atoms with van der Waals surface area (Å²) in [7, 11) is 0. The van der Waals surface area contributed by atoms with Crippen LogP contribution < -0.4 is 0 Å². The lowest BCUT2D eigenvalue weighted by Gasteiger charge is -2.16. The quantitative estimate of drug-likeness (QED) is 0.236. The molecule has 0 radical (unpaired) electrons. The number of unbranched alkanes of at least 4 members (excludes halogenated alkanes) is 8. The molecule has 0 aromatic carbocycles. The van der Waals surface area contributed by atoms with Gasteiger partial charge in [-0.25, -0.2) is 0 Å². The second-order valence-corrected chi connectivity index (χ2v) is 6.67. The normalized spacial score (nSPS) is 12.0. The van der Waals surface area contributed by atoms with E-state index in [1.54, 1.807) is 0 Å². The van der Waals surface area contributed by atoms with Crippen LogP contribution in [0.3, 0.4) is 0 Å². The molecule has 0 fully saturated rings. The Morgan fingerprint density at radius 2 is 1.29 bits per heavy atom. The van der Waals surface area contributed by atoms with Crippen LogP contribution >= 0.6 is 12.6 Å². The maximum Gasteiger partial charge on any atom is 0.306 e. The zero-order chi connectivity index (χ0) is 18.0. The highest BCUT2D eigenvalue weighted by Gasteiger charge is 2.15. The van der Waals surface area contributed by atoms with E-state index in [9.17, 15) is 9.59 Å². The minimum absolute atomic E-state index is 0.110. The third-order valence-corrected chi connectivity index (χ3v) is 4.31. The number of rotatable bonds is 16. The van der Waals surface area contributed by atoms with Crippen molar-refractivity contribution in [1.29, 1.82) is 0 Å². The van der Waals surface area contributed by atoms with E-state index in [4.69, 9.17) is 9.47 Å². The van der Waals surface area contributed by atoms with Gasteiger partial charge < -0.3 is 9.47 Å². The van der Waals surface area contributed by atoms with Gasteiger partial charge in [-0.1, -0.05) is 65.2 Å². The molecule has 0 aliphatic rings. The number of hydrogen-bond acceptors (Lipinski definition) is 5. The summed E-state index contributed by atoms with van der Waals surface area (Å²) >= 11 is 4.17. The van der Waals surface area contributed by atoms with E-state index >= 15 is 0 Å². The maximum absolute atomic E-state index is 11.7. The summed E-state index contributed by atoms with van der Waals surface area (Å²) in [4.78, 5) is 23.4. The summed E-state index contributed by atoms with van der Waals surface area (Å²) in [5.74, 6) is -0.0706. The molecule has 0 saturated carbocycles. The van der Waals surface area contributed by atoms with Crippen LogP contribution in [0, 0.1) is 0 Å². The third kappa shape index (κ3) is 14.9. The summed E-state index contributed by atoms with van der Waals surface area (Å²) < 4.78 is 10.5. The van der Waals surface area contributed by atoms with Gasteiger partial charge in [0.05, 0.1) is 0 Å². The number of esters is 2. The Morgan fingerprint density at radius 3 is 1.88 bits per heavy atom. The highest BCUT2D eigenvalue weighted by atomic mass is 32.1. The first-order valence-corrected chi connectivity index (χ1v) is 10.2. The fourth-order valence-corrected chi connectivity index (χ4v) is 2.55. The number of ether oxygens (including phenoxy) is 2. The minimum Gasteiger partial charge on any atom is -0.462 e. The van der Waals surface area contributed by atoms with Crippen molar-refractivity contribution >= 4 is 24.6 Å². The van der Waals surface area contributed by atoms with Gasteiger partial charge in [0.25, 0.3) is 0 Å². The Balaban J connectivity index is 3.71. The summed E-state index contributed by atoms with van der Waals surface area (Å²) in [5, 5.41) is 0. The van der Waals surface area contributed by atoms with Gasteiger partial charge in [0, 0.05) is 18.6 Å². The molecule has 0 bridgehead atoms. The third-order valence-electron chi connectivity index (χ3n) is 3.90.